The van der Waals surface area contributed by atoms with Gasteiger partial charge in [-0.3, -0.25) is 18.6 Å². The van der Waals surface area contributed by atoms with Crippen LogP contribution in [0.1, 0.15) is 30.8 Å². The molecule has 0 bridgehead atoms. The van der Waals surface area contributed by atoms with Crippen LogP contribution in [0.5, 0.6) is 0 Å². The second-order valence-corrected chi connectivity index (χ2v) is 11.7. The minimum absolute atomic E-state index is 0.0180. The zero-order valence-corrected chi connectivity index (χ0v) is 24.2. The van der Waals surface area contributed by atoms with Crippen LogP contribution >= 0.6 is 0 Å². The Hall–Kier alpha value is -4.77. The van der Waals surface area contributed by atoms with E-state index in [-0.39, 0.29) is 23.7 Å². The molecule has 0 radical (unpaired) electrons. The van der Waals surface area contributed by atoms with Gasteiger partial charge < -0.3 is 15.0 Å². The first-order chi connectivity index (χ1) is 20.8. The molecule has 5 aromatic rings. The number of ether oxygens (including phenoxy) is 1. The Morgan fingerprint density at radius 2 is 1.79 bits per heavy atom. The molecule has 2 aliphatic heterocycles. The average Bonchev–Trinajstić information content (AvgIpc) is 3.46. The summed E-state index contributed by atoms with van der Waals surface area (Å²) in [4.78, 5) is 46.6. The first-order valence-electron chi connectivity index (χ1n) is 14.6. The molecule has 0 atom stereocenters. The Morgan fingerprint density at radius 3 is 2.60 bits per heavy atom. The highest BCUT2D eigenvalue weighted by molar-refractivity contribution is 6.05. The Morgan fingerprint density at radius 1 is 0.953 bits per heavy atom. The van der Waals surface area contributed by atoms with E-state index in [9.17, 15) is 14.4 Å². The number of anilines is 2. The monoisotopic (exact) mass is 579 g/mol. The first kappa shape index (κ1) is 27.1. The van der Waals surface area contributed by atoms with E-state index < -0.39 is 5.41 Å². The number of pyridine rings is 1. The normalized spacial score (nSPS) is 16.1. The van der Waals surface area contributed by atoms with Crippen LogP contribution in [0.3, 0.4) is 0 Å². The molecule has 0 unspecified atom stereocenters. The van der Waals surface area contributed by atoms with Gasteiger partial charge in [-0.2, -0.15) is 0 Å². The topological polar surface area (TPSA) is 116 Å². The SMILES string of the molecule is CC1(C)C(=O)Nc2ccc(CCn3c(CCn4nc5ccccn5c4=O)nc4cc(N5CCOCC5)ccc4c3=O)cc21. The number of benzene rings is 2. The summed E-state index contributed by atoms with van der Waals surface area (Å²) in [7, 11) is 0. The Balaban J connectivity index is 1.24. The van der Waals surface area contributed by atoms with Crippen LogP contribution in [-0.4, -0.2) is 55.9 Å². The maximum atomic E-state index is 14.0. The second kappa shape index (κ2) is 10.5. The number of carbonyl (C=O) groups excluding carboxylic acids is 1. The molecule has 1 amide bonds. The van der Waals surface area contributed by atoms with Gasteiger partial charge in [-0.1, -0.05) is 18.2 Å². The van der Waals surface area contributed by atoms with E-state index in [0.717, 1.165) is 35.6 Å². The average molecular weight is 580 g/mol. The summed E-state index contributed by atoms with van der Waals surface area (Å²) >= 11 is 0. The smallest absolute Gasteiger partial charge is 0.350 e. The molecule has 0 saturated carbocycles. The van der Waals surface area contributed by atoms with Crippen LogP contribution in [0.15, 0.2) is 70.4 Å². The van der Waals surface area contributed by atoms with Gasteiger partial charge in [-0.15, -0.1) is 5.10 Å². The lowest BCUT2D eigenvalue weighted by Crippen LogP contribution is -2.36. The Bertz CT molecular complexity index is 2000. The lowest BCUT2D eigenvalue weighted by Gasteiger charge is -2.29. The molecule has 7 rings (SSSR count). The first-order valence-corrected chi connectivity index (χ1v) is 14.6. The fourth-order valence-corrected chi connectivity index (χ4v) is 6.03. The summed E-state index contributed by atoms with van der Waals surface area (Å²) in [6.07, 6.45) is 2.63. The molecular formula is C32H33N7O4. The highest BCUT2D eigenvalue weighted by atomic mass is 16.5. The van der Waals surface area contributed by atoms with Gasteiger partial charge in [0, 0.05) is 43.6 Å². The molecule has 1 N–H and O–H groups in total. The minimum Gasteiger partial charge on any atom is -0.378 e. The summed E-state index contributed by atoms with van der Waals surface area (Å²) in [6.45, 7) is 7.41. The molecule has 43 heavy (non-hydrogen) atoms. The van der Waals surface area contributed by atoms with Crippen molar-refractivity contribution in [3.8, 4) is 0 Å². The van der Waals surface area contributed by atoms with Gasteiger partial charge in [0.05, 0.1) is 36.1 Å². The van der Waals surface area contributed by atoms with Crippen molar-refractivity contribution in [1.29, 1.82) is 0 Å². The highest BCUT2D eigenvalue weighted by Crippen LogP contribution is 2.37. The van der Waals surface area contributed by atoms with Crippen molar-refractivity contribution >= 4 is 33.8 Å². The molecule has 3 aromatic heterocycles. The molecule has 2 aliphatic rings. The van der Waals surface area contributed by atoms with Crippen molar-refractivity contribution in [2.75, 3.05) is 36.5 Å². The minimum atomic E-state index is -0.614. The standard InChI is InChI=1S/C32H33N7O4/c1-32(2)24-19-21(6-9-25(24)34-30(32)41)10-13-37-27(11-14-39-31(42)38-12-4-3-5-28(38)35-39)33-26-20-22(7-8-23(26)29(37)40)36-15-17-43-18-16-36/h3-9,12,19-20H,10-11,13-18H2,1-2H3,(H,34,41). The van der Waals surface area contributed by atoms with Crippen molar-refractivity contribution in [3.05, 3.63) is 98.6 Å². The number of rotatable bonds is 7. The van der Waals surface area contributed by atoms with Gasteiger partial charge in [0.2, 0.25) is 5.91 Å². The van der Waals surface area contributed by atoms with Crippen molar-refractivity contribution in [2.45, 2.75) is 45.2 Å². The van der Waals surface area contributed by atoms with Gasteiger partial charge in [-0.05, 0) is 67.8 Å². The number of amides is 1. The summed E-state index contributed by atoms with van der Waals surface area (Å²) in [5, 5.41) is 7.97. The van der Waals surface area contributed by atoms with Gasteiger partial charge in [0.15, 0.2) is 5.65 Å². The van der Waals surface area contributed by atoms with Crippen LogP contribution in [0.4, 0.5) is 11.4 Å². The van der Waals surface area contributed by atoms with Crippen LogP contribution < -0.4 is 21.5 Å². The zero-order valence-electron chi connectivity index (χ0n) is 24.2. The number of aromatic nitrogens is 5. The third-order valence-electron chi connectivity index (χ3n) is 8.63. The van der Waals surface area contributed by atoms with E-state index in [4.69, 9.17) is 9.72 Å². The molecule has 0 spiro atoms. The number of nitrogens with one attached hydrogen (secondary N) is 1. The predicted molar refractivity (Wildman–Crippen MR) is 164 cm³/mol. The van der Waals surface area contributed by atoms with Crippen LogP contribution in [0.25, 0.3) is 16.6 Å². The molecule has 11 heteroatoms. The van der Waals surface area contributed by atoms with E-state index in [2.05, 4.69) is 21.4 Å². The third-order valence-corrected chi connectivity index (χ3v) is 8.63. The van der Waals surface area contributed by atoms with Crippen LogP contribution in [-0.2, 0) is 40.9 Å². The molecule has 1 fully saturated rings. The summed E-state index contributed by atoms with van der Waals surface area (Å²) in [5.74, 6) is 0.578. The number of nitrogens with zero attached hydrogens (tertiary/aromatic N) is 6. The maximum Gasteiger partial charge on any atom is 0.350 e. The molecule has 220 valence electrons. The van der Waals surface area contributed by atoms with Gasteiger partial charge in [0.25, 0.3) is 5.56 Å². The van der Waals surface area contributed by atoms with Crippen LogP contribution in [0.2, 0.25) is 0 Å². The van der Waals surface area contributed by atoms with E-state index >= 15 is 0 Å². The van der Waals surface area contributed by atoms with E-state index in [0.29, 0.717) is 55.0 Å². The fraction of sp³-hybridized carbons (Fsp3) is 0.344. The number of aryl methyl sites for hydroxylation is 3. The lowest BCUT2D eigenvalue weighted by molar-refractivity contribution is -0.119. The fourth-order valence-electron chi connectivity index (χ4n) is 6.03. The molecule has 2 aromatic carbocycles. The lowest BCUT2D eigenvalue weighted by atomic mass is 9.85. The van der Waals surface area contributed by atoms with Gasteiger partial charge in [0.1, 0.15) is 5.82 Å². The molecule has 0 aliphatic carbocycles. The number of morpholine rings is 1. The Labute approximate surface area is 247 Å². The van der Waals surface area contributed by atoms with Crippen molar-refractivity contribution in [3.63, 3.8) is 0 Å². The quantitative estimate of drug-likeness (QED) is 0.315. The highest BCUT2D eigenvalue weighted by Gasteiger charge is 2.38. The van der Waals surface area contributed by atoms with E-state index in [1.165, 1.54) is 9.08 Å². The number of fused-ring (bicyclic) bond motifs is 3. The number of carbonyl (C=O) groups is 1. The second-order valence-electron chi connectivity index (χ2n) is 11.7. The molecular weight excluding hydrogens is 546 g/mol. The van der Waals surface area contributed by atoms with Crippen LogP contribution in [0, 0.1) is 0 Å². The number of hydrogen-bond donors (Lipinski definition) is 1. The summed E-state index contributed by atoms with van der Waals surface area (Å²) in [6, 6.07) is 17.2. The third kappa shape index (κ3) is 4.79. The zero-order chi connectivity index (χ0) is 29.7. The maximum absolute atomic E-state index is 14.0. The molecule has 1 saturated heterocycles. The van der Waals surface area contributed by atoms with Gasteiger partial charge in [-0.25, -0.2) is 14.5 Å². The Kier molecular flexibility index (Phi) is 6.61. The van der Waals surface area contributed by atoms with Crippen molar-refractivity contribution < 1.29 is 9.53 Å². The van der Waals surface area contributed by atoms with Crippen molar-refractivity contribution in [1.82, 2.24) is 23.7 Å². The van der Waals surface area contributed by atoms with E-state index in [1.54, 1.807) is 22.9 Å². The van der Waals surface area contributed by atoms with Crippen molar-refractivity contribution in [2.24, 2.45) is 0 Å². The number of hydrogen-bond acceptors (Lipinski definition) is 7. The predicted octanol–water partition coefficient (Wildman–Crippen LogP) is 2.76. The summed E-state index contributed by atoms with van der Waals surface area (Å²) < 4.78 is 10.2. The molecule has 5 heterocycles. The van der Waals surface area contributed by atoms with E-state index in [1.807, 2.05) is 50.2 Å². The molecule has 11 nitrogen and oxygen atoms in total. The summed E-state index contributed by atoms with van der Waals surface area (Å²) in [5.41, 5.74) is 4.06. The van der Waals surface area contributed by atoms with Gasteiger partial charge >= 0.3 is 5.69 Å². The largest absolute Gasteiger partial charge is 0.378 e.